The minimum Gasteiger partial charge on any atom is -0.334 e. The van der Waals surface area contributed by atoms with Gasteiger partial charge in [0, 0.05) is 30.3 Å². The second-order valence-electron chi connectivity index (χ2n) is 3.76. The molecule has 4 heteroatoms. The molecule has 92 valence electrons. The molecule has 0 aliphatic carbocycles. The first-order chi connectivity index (χ1) is 8.79. The fourth-order valence-electron chi connectivity index (χ4n) is 1.56. The molecule has 2 amide bonds. The number of anilines is 1. The van der Waals surface area contributed by atoms with Crippen molar-refractivity contribution in [2.24, 2.45) is 0 Å². The van der Waals surface area contributed by atoms with E-state index in [4.69, 9.17) is 0 Å². The molecule has 0 aliphatic rings. The predicted molar refractivity (Wildman–Crippen MR) is 73.0 cm³/mol. The molecule has 0 fully saturated rings. The van der Waals surface area contributed by atoms with Gasteiger partial charge in [-0.1, -0.05) is 6.08 Å². The van der Waals surface area contributed by atoms with Crippen LogP contribution in [0, 0.1) is 0 Å². The zero-order valence-corrected chi connectivity index (χ0v) is 9.97. The first-order valence-electron chi connectivity index (χ1n) is 5.69. The van der Waals surface area contributed by atoms with Crippen molar-refractivity contribution in [2.45, 2.75) is 0 Å². The Balaban J connectivity index is 2.00. The topological polar surface area (TPSA) is 46.1 Å². The summed E-state index contributed by atoms with van der Waals surface area (Å²) >= 11 is 0. The van der Waals surface area contributed by atoms with Gasteiger partial charge < -0.3 is 15.2 Å². The summed E-state index contributed by atoms with van der Waals surface area (Å²) in [5.41, 5.74) is 1.81. The molecular weight excluding hydrogens is 226 g/mol. The van der Waals surface area contributed by atoms with Crippen LogP contribution in [0.15, 0.2) is 61.4 Å². The minimum absolute atomic E-state index is 0.233. The Morgan fingerprint density at radius 2 is 1.89 bits per heavy atom. The van der Waals surface area contributed by atoms with Crippen LogP contribution < -0.4 is 10.6 Å². The van der Waals surface area contributed by atoms with Crippen LogP contribution in [0.3, 0.4) is 0 Å². The maximum Gasteiger partial charge on any atom is 0.319 e. The van der Waals surface area contributed by atoms with Crippen molar-refractivity contribution in [3.63, 3.8) is 0 Å². The normalized spacial score (nSPS) is 9.78. The molecular formula is C14H15N3O. The molecule has 4 nitrogen and oxygen atoms in total. The van der Waals surface area contributed by atoms with Gasteiger partial charge in [-0.2, -0.15) is 0 Å². The highest BCUT2D eigenvalue weighted by Crippen LogP contribution is 2.13. The van der Waals surface area contributed by atoms with E-state index < -0.39 is 0 Å². The van der Waals surface area contributed by atoms with Gasteiger partial charge in [0.1, 0.15) is 0 Å². The third-order valence-electron chi connectivity index (χ3n) is 2.43. The highest BCUT2D eigenvalue weighted by molar-refractivity contribution is 5.89. The lowest BCUT2D eigenvalue weighted by atomic mass is 10.3. The Morgan fingerprint density at radius 1 is 1.22 bits per heavy atom. The van der Waals surface area contributed by atoms with Crippen LogP contribution in [0.4, 0.5) is 10.5 Å². The number of benzene rings is 1. The maximum absolute atomic E-state index is 11.4. The number of aromatic nitrogens is 1. The monoisotopic (exact) mass is 241 g/mol. The van der Waals surface area contributed by atoms with Crippen molar-refractivity contribution in [2.75, 3.05) is 11.9 Å². The first-order valence-corrected chi connectivity index (χ1v) is 5.69. The van der Waals surface area contributed by atoms with E-state index in [1.54, 1.807) is 6.08 Å². The number of hydrogen-bond acceptors (Lipinski definition) is 1. The molecule has 0 atom stereocenters. The van der Waals surface area contributed by atoms with E-state index in [1.807, 2.05) is 53.4 Å². The van der Waals surface area contributed by atoms with E-state index in [-0.39, 0.29) is 6.03 Å². The highest BCUT2D eigenvalue weighted by atomic mass is 16.2. The summed E-state index contributed by atoms with van der Waals surface area (Å²) in [6.45, 7) is 3.99. The Hall–Kier alpha value is -2.49. The molecule has 18 heavy (non-hydrogen) atoms. The second-order valence-corrected chi connectivity index (χ2v) is 3.76. The first kappa shape index (κ1) is 12.0. The van der Waals surface area contributed by atoms with E-state index in [1.165, 1.54) is 0 Å². The van der Waals surface area contributed by atoms with Gasteiger partial charge in [0.2, 0.25) is 0 Å². The third-order valence-corrected chi connectivity index (χ3v) is 2.43. The molecule has 1 aromatic heterocycles. The van der Waals surface area contributed by atoms with Crippen molar-refractivity contribution < 1.29 is 4.79 Å². The number of carbonyl (C=O) groups is 1. The van der Waals surface area contributed by atoms with Crippen LogP contribution in [0.25, 0.3) is 5.69 Å². The van der Waals surface area contributed by atoms with Crippen LogP contribution in [-0.2, 0) is 0 Å². The summed E-state index contributed by atoms with van der Waals surface area (Å²) in [6.07, 6.45) is 5.58. The zero-order valence-electron chi connectivity index (χ0n) is 9.97. The molecule has 2 aromatic rings. The largest absolute Gasteiger partial charge is 0.334 e. The molecule has 0 aliphatic heterocycles. The van der Waals surface area contributed by atoms with Gasteiger partial charge in [0.25, 0.3) is 0 Å². The van der Waals surface area contributed by atoms with Crippen molar-refractivity contribution in [1.82, 2.24) is 9.88 Å². The molecule has 1 aromatic carbocycles. The average molecular weight is 241 g/mol. The van der Waals surface area contributed by atoms with E-state index >= 15 is 0 Å². The van der Waals surface area contributed by atoms with E-state index in [2.05, 4.69) is 17.2 Å². The maximum atomic E-state index is 11.4. The van der Waals surface area contributed by atoms with Gasteiger partial charge in [0.05, 0.1) is 0 Å². The third kappa shape index (κ3) is 3.01. The summed E-state index contributed by atoms with van der Waals surface area (Å²) in [5.74, 6) is 0. The number of nitrogens with one attached hydrogen (secondary N) is 2. The fourth-order valence-corrected chi connectivity index (χ4v) is 1.56. The smallest absolute Gasteiger partial charge is 0.319 e. The number of urea groups is 1. The van der Waals surface area contributed by atoms with Gasteiger partial charge in [-0.3, -0.25) is 0 Å². The average Bonchev–Trinajstić information content (AvgIpc) is 2.91. The van der Waals surface area contributed by atoms with Gasteiger partial charge in [-0.05, 0) is 36.4 Å². The lowest BCUT2D eigenvalue weighted by molar-refractivity contribution is 0.253. The van der Waals surface area contributed by atoms with Gasteiger partial charge in [-0.15, -0.1) is 6.58 Å². The SMILES string of the molecule is C=CCNC(=O)Nc1ccc(-n2cccc2)cc1. The molecule has 0 bridgehead atoms. The van der Waals surface area contributed by atoms with Crippen molar-refractivity contribution in [1.29, 1.82) is 0 Å². The summed E-state index contributed by atoms with van der Waals surface area (Å²) in [5, 5.41) is 5.39. The van der Waals surface area contributed by atoms with Crippen LogP contribution >= 0.6 is 0 Å². The number of rotatable bonds is 4. The van der Waals surface area contributed by atoms with Crippen LogP contribution in [0.2, 0.25) is 0 Å². The van der Waals surface area contributed by atoms with Crippen LogP contribution in [0.1, 0.15) is 0 Å². The quantitative estimate of drug-likeness (QED) is 0.794. The summed E-state index contributed by atoms with van der Waals surface area (Å²) in [7, 11) is 0. The van der Waals surface area contributed by atoms with Crippen molar-refractivity contribution in [3.8, 4) is 5.69 Å². The highest BCUT2D eigenvalue weighted by Gasteiger charge is 2.00. The molecule has 0 radical (unpaired) electrons. The molecule has 2 N–H and O–H groups in total. The van der Waals surface area contributed by atoms with Crippen LogP contribution in [0.5, 0.6) is 0 Å². The molecule has 0 saturated carbocycles. The van der Waals surface area contributed by atoms with Crippen molar-refractivity contribution >= 4 is 11.7 Å². The number of carbonyl (C=O) groups excluding carboxylic acids is 1. The Kier molecular flexibility index (Phi) is 3.81. The lowest BCUT2D eigenvalue weighted by Crippen LogP contribution is -2.28. The zero-order chi connectivity index (χ0) is 12.8. The predicted octanol–water partition coefficient (Wildman–Crippen LogP) is 2.78. The fraction of sp³-hybridized carbons (Fsp3) is 0.0714. The van der Waals surface area contributed by atoms with Crippen LogP contribution in [-0.4, -0.2) is 17.1 Å². The lowest BCUT2D eigenvalue weighted by Gasteiger charge is -2.07. The Morgan fingerprint density at radius 3 is 2.50 bits per heavy atom. The number of hydrogen-bond donors (Lipinski definition) is 2. The Labute approximate surface area is 106 Å². The Bertz CT molecular complexity index is 514. The molecule has 1 heterocycles. The molecule has 2 rings (SSSR count). The van der Waals surface area contributed by atoms with Gasteiger partial charge in [0.15, 0.2) is 0 Å². The molecule has 0 spiro atoms. The molecule has 0 saturated heterocycles. The summed E-state index contributed by atoms with van der Waals surface area (Å²) in [6, 6.07) is 11.3. The summed E-state index contributed by atoms with van der Waals surface area (Å²) < 4.78 is 2.00. The minimum atomic E-state index is -0.233. The van der Waals surface area contributed by atoms with E-state index in [0.29, 0.717) is 6.54 Å². The number of amides is 2. The van der Waals surface area contributed by atoms with E-state index in [9.17, 15) is 4.79 Å². The van der Waals surface area contributed by atoms with E-state index in [0.717, 1.165) is 11.4 Å². The second kappa shape index (κ2) is 5.72. The number of nitrogens with zero attached hydrogens (tertiary/aromatic N) is 1. The van der Waals surface area contributed by atoms with Crippen molar-refractivity contribution in [3.05, 3.63) is 61.4 Å². The summed E-state index contributed by atoms with van der Waals surface area (Å²) in [4.78, 5) is 11.4. The van der Waals surface area contributed by atoms with Gasteiger partial charge >= 0.3 is 6.03 Å². The van der Waals surface area contributed by atoms with Gasteiger partial charge in [-0.25, -0.2) is 4.79 Å². The standard InChI is InChI=1S/C14H15N3O/c1-2-9-15-14(18)16-12-5-7-13(8-6-12)17-10-3-4-11-17/h2-8,10-11H,1,9H2,(H2,15,16,18). The molecule has 0 unspecified atom stereocenters.